The molecule has 1 amide bonds. The van der Waals surface area contributed by atoms with Crippen molar-refractivity contribution in [2.75, 3.05) is 6.54 Å². The van der Waals surface area contributed by atoms with Gasteiger partial charge in [0.05, 0.1) is 5.56 Å². The summed E-state index contributed by atoms with van der Waals surface area (Å²) in [6, 6.07) is 11.7. The van der Waals surface area contributed by atoms with Gasteiger partial charge in [0.25, 0.3) is 5.91 Å². The Balaban J connectivity index is 2.15. The van der Waals surface area contributed by atoms with Crippen molar-refractivity contribution in [3.05, 3.63) is 71.3 Å². The second-order valence-electron chi connectivity index (χ2n) is 6.50. The van der Waals surface area contributed by atoms with Crippen molar-refractivity contribution in [2.24, 2.45) is 10.8 Å². The number of nitrogens with two attached hydrogens (primary N) is 1. The summed E-state index contributed by atoms with van der Waals surface area (Å²) in [5.74, 6) is -2.39. The molecule has 0 bridgehead atoms. The molecule has 2 atom stereocenters. The molecule has 0 radical (unpaired) electrons. The molecule has 1 aliphatic rings. The van der Waals surface area contributed by atoms with Crippen molar-refractivity contribution >= 4 is 11.8 Å². The minimum absolute atomic E-state index is 0.214. The number of hydrogen-bond acceptors (Lipinski definition) is 5. The van der Waals surface area contributed by atoms with Crippen molar-refractivity contribution in [1.82, 2.24) is 5.01 Å². The monoisotopic (exact) mass is 389 g/mol. The molecule has 6 nitrogen and oxygen atoms in total. The fourth-order valence-electron chi connectivity index (χ4n) is 3.09. The first-order chi connectivity index (χ1) is 13.4. The molecule has 8 heteroatoms. The lowest BCUT2D eigenvalue weighted by molar-refractivity contribution is -0.160. The number of halogens is 2. The normalized spacial score (nSPS) is 19.9. The number of hydrogen-bond donors (Lipinski definition) is 2. The molecule has 28 heavy (non-hydrogen) atoms. The highest BCUT2D eigenvalue weighted by Gasteiger charge is 2.50. The number of nitrogens with zero attached hydrogens (tertiary/aromatic N) is 2. The van der Waals surface area contributed by atoms with Crippen LogP contribution in [0.15, 0.2) is 53.6 Å². The summed E-state index contributed by atoms with van der Waals surface area (Å²) in [7, 11) is 0. The van der Waals surface area contributed by atoms with Gasteiger partial charge in [0.1, 0.15) is 17.7 Å². The molecule has 1 unspecified atom stereocenters. The van der Waals surface area contributed by atoms with Crippen LogP contribution in [-0.2, 0) is 15.3 Å². The van der Waals surface area contributed by atoms with Crippen LogP contribution >= 0.6 is 0 Å². The van der Waals surface area contributed by atoms with E-state index in [9.17, 15) is 18.7 Å². The van der Waals surface area contributed by atoms with Gasteiger partial charge in [0, 0.05) is 12.0 Å². The number of aliphatic hydroxyl groups is 1. The minimum Gasteiger partial charge on any atom is -0.443 e. The number of carbonyl (C=O) groups is 1. The first-order valence-electron chi connectivity index (χ1n) is 8.90. The van der Waals surface area contributed by atoms with Gasteiger partial charge in [0.2, 0.25) is 11.6 Å². The number of hydrazone groups is 1. The number of rotatable bonds is 6. The van der Waals surface area contributed by atoms with E-state index in [1.165, 1.54) is 6.92 Å². The van der Waals surface area contributed by atoms with Crippen LogP contribution in [0.2, 0.25) is 0 Å². The first-order valence-corrected chi connectivity index (χ1v) is 8.90. The predicted octanol–water partition coefficient (Wildman–Crippen LogP) is 2.46. The van der Waals surface area contributed by atoms with Gasteiger partial charge in [-0.2, -0.15) is 5.01 Å². The van der Waals surface area contributed by atoms with Crippen molar-refractivity contribution in [2.45, 2.75) is 31.6 Å². The molecule has 0 aromatic heterocycles. The fraction of sp³-hybridized carbons (Fsp3) is 0.300. The van der Waals surface area contributed by atoms with Gasteiger partial charge in [-0.3, -0.25) is 4.79 Å². The smallest absolute Gasteiger partial charge is 0.275 e. The minimum atomic E-state index is -1.43. The van der Waals surface area contributed by atoms with Gasteiger partial charge in [-0.1, -0.05) is 30.3 Å². The number of aliphatic hydroxyl groups excluding tert-OH is 1. The average molecular weight is 389 g/mol. The first kappa shape index (κ1) is 19.9. The van der Waals surface area contributed by atoms with E-state index in [2.05, 4.69) is 5.10 Å². The molecule has 2 aromatic carbocycles. The molecule has 0 spiro atoms. The van der Waals surface area contributed by atoms with Crippen molar-refractivity contribution in [3.8, 4) is 0 Å². The molecular formula is C20H21F2N3O3. The molecule has 2 aromatic rings. The predicted molar refractivity (Wildman–Crippen MR) is 98.9 cm³/mol. The highest BCUT2D eigenvalue weighted by atomic mass is 19.1. The molecule has 3 rings (SSSR count). The van der Waals surface area contributed by atoms with E-state index in [0.29, 0.717) is 18.5 Å². The van der Waals surface area contributed by atoms with E-state index < -0.39 is 29.4 Å². The molecule has 1 heterocycles. The summed E-state index contributed by atoms with van der Waals surface area (Å²) >= 11 is 0. The molecular weight excluding hydrogens is 368 g/mol. The summed E-state index contributed by atoms with van der Waals surface area (Å²) in [5.41, 5.74) is 4.59. The summed E-state index contributed by atoms with van der Waals surface area (Å²) in [5, 5.41) is 15.0. The van der Waals surface area contributed by atoms with Crippen LogP contribution in [0.3, 0.4) is 0 Å². The summed E-state index contributed by atoms with van der Waals surface area (Å²) in [6.45, 7) is 1.62. The Morgan fingerprint density at radius 3 is 2.64 bits per heavy atom. The third kappa shape index (κ3) is 3.61. The van der Waals surface area contributed by atoms with Crippen LogP contribution in [-0.4, -0.2) is 34.6 Å². The fourth-order valence-corrected chi connectivity index (χ4v) is 3.09. The zero-order chi connectivity index (χ0) is 20.3. The SMILES string of the molecule is C[C@H](O)C(=O)N1N=C(c2cc(F)ccc2F)OC1(CCCN)c1ccccc1. The second kappa shape index (κ2) is 8.04. The zero-order valence-electron chi connectivity index (χ0n) is 15.3. The third-order valence-corrected chi connectivity index (χ3v) is 4.47. The molecule has 1 aliphatic heterocycles. The molecule has 0 aliphatic carbocycles. The summed E-state index contributed by atoms with van der Waals surface area (Å²) in [4.78, 5) is 12.7. The van der Waals surface area contributed by atoms with Gasteiger partial charge < -0.3 is 15.6 Å². The maximum atomic E-state index is 14.3. The van der Waals surface area contributed by atoms with E-state index in [0.717, 1.165) is 23.2 Å². The zero-order valence-corrected chi connectivity index (χ0v) is 15.3. The Labute approximate surface area is 161 Å². The van der Waals surface area contributed by atoms with Crippen LogP contribution in [0, 0.1) is 11.6 Å². The van der Waals surface area contributed by atoms with Gasteiger partial charge in [-0.25, -0.2) is 8.78 Å². The van der Waals surface area contributed by atoms with Crippen LogP contribution in [0.5, 0.6) is 0 Å². The maximum absolute atomic E-state index is 14.3. The Kier molecular flexibility index (Phi) is 5.71. The van der Waals surface area contributed by atoms with Gasteiger partial charge >= 0.3 is 0 Å². The molecule has 0 fully saturated rings. The Morgan fingerprint density at radius 2 is 2.00 bits per heavy atom. The van der Waals surface area contributed by atoms with E-state index in [1.54, 1.807) is 30.3 Å². The third-order valence-electron chi connectivity index (χ3n) is 4.47. The van der Waals surface area contributed by atoms with E-state index in [-0.39, 0.29) is 17.9 Å². The number of carbonyl (C=O) groups excluding carboxylic acids is 1. The number of ether oxygens (including phenoxy) is 1. The summed E-state index contributed by atoms with van der Waals surface area (Å²) < 4.78 is 34.0. The lowest BCUT2D eigenvalue weighted by Crippen LogP contribution is -2.48. The highest BCUT2D eigenvalue weighted by Crippen LogP contribution is 2.41. The Hall–Kier alpha value is -2.84. The second-order valence-corrected chi connectivity index (χ2v) is 6.50. The average Bonchev–Trinajstić information content (AvgIpc) is 3.08. The van der Waals surface area contributed by atoms with Crippen LogP contribution < -0.4 is 5.73 Å². The van der Waals surface area contributed by atoms with Crippen LogP contribution in [0.25, 0.3) is 0 Å². The molecule has 3 N–H and O–H groups in total. The Morgan fingerprint density at radius 1 is 1.29 bits per heavy atom. The van der Waals surface area contributed by atoms with Gasteiger partial charge in [-0.05, 0) is 38.1 Å². The van der Waals surface area contributed by atoms with Crippen molar-refractivity contribution in [3.63, 3.8) is 0 Å². The molecule has 148 valence electrons. The van der Waals surface area contributed by atoms with Crippen LogP contribution in [0.4, 0.5) is 8.78 Å². The standard InChI is InChI=1S/C20H21F2N3O3/c1-13(26)19(27)25-20(10-5-11-23,14-6-3-2-4-7-14)28-18(24-25)16-12-15(21)8-9-17(16)22/h2-4,6-9,12-13,26H,5,10-11,23H2,1H3/t13-,20?/m0/s1. The van der Waals surface area contributed by atoms with Gasteiger partial charge in [-0.15, -0.1) is 5.10 Å². The lowest BCUT2D eigenvalue weighted by Gasteiger charge is -2.35. The van der Waals surface area contributed by atoms with Crippen molar-refractivity contribution in [1.29, 1.82) is 0 Å². The van der Waals surface area contributed by atoms with Gasteiger partial charge in [0.15, 0.2) is 0 Å². The van der Waals surface area contributed by atoms with E-state index >= 15 is 0 Å². The maximum Gasteiger partial charge on any atom is 0.275 e. The highest BCUT2D eigenvalue weighted by molar-refractivity contribution is 5.97. The van der Waals surface area contributed by atoms with Crippen molar-refractivity contribution < 1.29 is 23.4 Å². The number of benzene rings is 2. The summed E-state index contributed by atoms with van der Waals surface area (Å²) in [6.07, 6.45) is -0.659. The molecule has 0 saturated carbocycles. The molecule has 0 saturated heterocycles. The topological polar surface area (TPSA) is 88.1 Å². The lowest BCUT2D eigenvalue weighted by atomic mass is 9.96. The number of amides is 1. The van der Waals surface area contributed by atoms with E-state index in [4.69, 9.17) is 10.5 Å². The largest absolute Gasteiger partial charge is 0.443 e. The quantitative estimate of drug-likeness (QED) is 0.794. The van der Waals surface area contributed by atoms with E-state index in [1.807, 2.05) is 0 Å². The van der Waals surface area contributed by atoms with Crippen LogP contribution in [0.1, 0.15) is 30.9 Å². The Bertz CT molecular complexity index is 890.